The van der Waals surface area contributed by atoms with E-state index in [-0.39, 0.29) is 0 Å². The van der Waals surface area contributed by atoms with Crippen LogP contribution in [0.25, 0.3) is 0 Å². The highest BCUT2D eigenvalue weighted by molar-refractivity contribution is 7.15. The summed E-state index contributed by atoms with van der Waals surface area (Å²) in [5.41, 5.74) is 1.34. The van der Waals surface area contributed by atoms with Crippen LogP contribution in [0.3, 0.4) is 0 Å². The summed E-state index contributed by atoms with van der Waals surface area (Å²) in [6, 6.07) is 0.493. The first-order valence-corrected chi connectivity index (χ1v) is 9.02. The smallest absolute Gasteiger partial charge is 0.185 e. The highest BCUT2D eigenvalue weighted by Crippen LogP contribution is 2.36. The van der Waals surface area contributed by atoms with Gasteiger partial charge in [0.2, 0.25) is 0 Å². The Morgan fingerprint density at radius 2 is 2.15 bits per heavy atom. The SMILES string of the molecule is CCCCCN(C)c1nc2c(s1)CCCC2NCCC. The second-order valence-corrected chi connectivity index (χ2v) is 6.89. The predicted molar refractivity (Wildman–Crippen MR) is 88.9 cm³/mol. The van der Waals surface area contributed by atoms with Gasteiger partial charge in [-0.3, -0.25) is 0 Å². The van der Waals surface area contributed by atoms with Gasteiger partial charge in [-0.15, -0.1) is 11.3 Å². The first-order chi connectivity index (χ1) is 9.76. The van der Waals surface area contributed by atoms with Crippen LogP contribution >= 0.6 is 11.3 Å². The van der Waals surface area contributed by atoms with Crippen molar-refractivity contribution in [1.82, 2.24) is 10.3 Å². The van der Waals surface area contributed by atoms with E-state index in [2.05, 4.69) is 31.1 Å². The van der Waals surface area contributed by atoms with Crippen LogP contribution in [0, 0.1) is 0 Å². The van der Waals surface area contributed by atoms with E-state index in [0.29, 0.717) is 6.04 Å². The van der Waals surface area contributed by atoms with Gasteiger partial charge in [-0.25, -0.2) is 4.98 Å². The molecule has 2 rings (SSSR count). The quantitative estimate of drug-likeness (QED) is 0.730. The van der Waals surface area contributed by atoms with Crippen molar-refractivity contribution in [2.24, 2.45) is 0 Å². The second-order valence-electron chi connectivity index (χ2n) is 5.83. The van der Waals surface area contributed by atoms with E-state index in [1.807, 2.05) is 11.3 Å². The summed E-state index contributed by atoms with van der Waals surface area (Å²) in [5, 5.41) is 4.88. The average molecular weight is 295 g/mol. The summed E-state index contributed by atoms with van der Waals surface area (Å²) in [6.07, 6.45) is 8.83. The van der Waals surface area contributed by atoms with E-state index in [0.717, 1.165) is 13.1 Å². The van der Waals surface area contributed by atoms with Crippen molar-refractivity contribution in [2.75, 3.05) is 25.0 Å². The van der Waals surface area contributed by atoms with E-state index >= 15 is 0 Å². The van der Waals surface area contributed by atoms with Crippen LogP contribution in [0.2, 0.25) is 0 Å². The molecule has 1 aromatic rings. The molecule has 0 radical (unpaired) electrons. The van der Waals surface area contributed by atoms with Gasteiger partial charge < -0.3 is 10.2 Å². The second kappa shape index (κ2) is 7.99. The molecule has 0 bridgehead atoms. The molecule has 1 aliphatic rings. The Morgan fingerprint density at radius 1 is 1.30 bits per heavy atom. The Labute approximate surface area is 127 Å². The molecular weight excluding hydrogens is 266 g/mol. The number of nitrogens with zero attached hydrogens (tertiary/aromatic N) is 2. The van der Waals surface area contributed by atoms with Crippen molar-refractivity contribution in [1.29, 1.82) is 0 Å². The number of hydrogen-bond acceptors (Lipinski definition) is 4. The lowest BCUT2D eigenvalue weighted by Crippen LogP contribution is -2.26. The van der Waals surface area contributed by atoms with Crippen molar-refractivity contribution in [3.05, 3.63) is 10.6 Å². The topological polar surface area (TPSA) is 28.2 Å². The molecule has 1 aliphatic carbocycles. The van der Waals surface area contributed by atoms with Crippen LogP contribution in [0.4, 0.5) is 5.13 Å². The number of aryl methyl sites for hydroxylation is 1. The van der Waals surface area contributed by atoms with Crippen molar-refractivity contribution < 1.29 is 0 Å². The number of rotatable bonds is 8. The van der Waals surface area contributed by atoms with E-state index in [4.69, 9.17) is 4.98 Å². The lowest BCUT2D eigenvalue weighted by atomic mass is 9.97. The maximum absolute atomic E-state index is 4.95. The average Bonchev–Trinajstić information content (AvgIpc) is 2.90. The van der Waals surface area contributed by atoms with Gasteiger partial charge in [0, 0.05) is 18.5 Å². The number of anilines is 1. The fourth-order valence-electron chi connectivity index (χ4n) is 2.78. The molecule has 0 aromatic carbocycles. The summed E-state index contributed by atoms with van der Waals surface area (Å²) in [4.78, 5) is 8.80. The molecule has 1 N–H and O–H groups in total. The number of fused-ring (bicyclic) bond motifs is 1. The molecule has 0 saturated heterocycles. The molecule has 20 heavy (non-hydrogen) atoms. The first-order valence-electron chi connectivity index (χ1n) is 8.20. The van der Waals surface area contributed by atoms with E-state index in [1.54, 1.807) is 0 Å². The van der Waals surface area contributed by atoms with Gasteiger partial charge in [0.15, 0.2) is 5.13 Å². The number of hydrogen-bond donors (Lipinski definition) is 1. The molecule has 4 heteroatoms. The van der Waals surface area contributed by atoms with Gasteiger partial charge in [0.1, 0.15) is 0 Å². The molecule has 0 aliphatic heterocycles. The zero-order valence-electron chi connectivity index (χ0n) is 13.2. The lowest BCUT2D eigenvalue weighted by molar-refractivity contribution is 0.454. The highest BCUT2D eigenvalue weighted by Gasteiger charge is 2.24. The molecule has 1 heterocycles. The third kappa shape index (κ3) is 3.95. The lowest BCUT2D eigenvalue weighted by Gasteiger charge is -2.22. The Bertz CT molecular complexity index is 402. The van der Waals surface area contributed by atoms with E-state index in [9.17, 15) is 0 Å². The Hall–Kier alpha value is -0.610. The molecule has 0 fully saturated rings. The predicted octanol–water partition coefficient (Wildman–Crippen LogP) is 4.15. The zero-order valence-corrected chi connectivity index (χ0v) is 14.1. The molecule has 3 nitrogen and oxygen atoms in total. The monoisotopic (exact) mass is 295 g/mol. The summed E-state index contributed by atoms with van der Waals surface area (Å²) in [7, 11) is 2.19. The number of nitrogens with one attached hydrogen (secondary N) is 1. The highest BCUT2D eigenvalue weighted by atomic mass is 32.1. The molecule has 1 atom stereocenters. The third-order valence-electron chi connectivity index (χ3n) is 4.01. The molecule has 0 amide bonds. The maximum atomic E-state index is 4.95. The van der Waals surface area contributed by atoms with Crippen molar-refractivity contribution in [3.8, 4) is 0 Å². The van der Waals surface area contributed by atoms with Gasteiger partial charge in [-0.1, -0.05) is 26.7 Å². The minimum Gasteiger partial charge on any atom is -0.351 e. The van der Waals surface area contributed by atoms with Crippen LogP contribution < -0.4 is 10.2 Å². The number of aromatic nitrogens is 1. The fourth-order valence-corrected chi connectivity index (χ4v) is 3.93. The van der Waals surface area contributed by atoms with Crippen LogP contribution in [0.1, 0.15) is 69.0 Å². The minimum atomic E-state index is 0.493. The van der Waals surface area contributed by atoms with Crippen molar-refractivity contribution >= 4 is 16.5 Å². The number of thiazole rings is 1. The molecule has 0 spiro atoms. The third-order valence-corrected chi connectivity index (χ3v) is 5.25. The standard InChI is InChI=1S/C16H29N3S/c1-4-6-7-12-19(3)16-18-15-13(17-11-5-2)9-8-10-14(15)20-16/h13,17H,4-12H2,1-3H3. The molecule has 114 valence electrons. The van der Waals surface area contributed by atoms with Gasteiger partial charge >= 0.3 is 0 Å². The van der Waals surface area contributed by atoms with Gasteiger partial charge in [-0.2, -0.15) is 0 Å². The van der Waals surface area contributed by atoms with Gasteiger partial charge in [0.05, 0.1) is 11.7 Å². The Morgan fingerprint density at radius 3 is 2.90 bits per heavy atom. The summed E-state index contributed by atoms with van der Waals surface area (Å²) >= 11 is 1.91. The van der Waals surface area contributed by atoms with Gasteiger partial charge in [0.25, 0.3) is 0 Å². The van der Waals surface area contributed by atoms with Crippen LogP contribution in [0.15, 0.2) is 0 Å². The number of unbranched alkanes of at least 4 members (excludes halogenated alkanes) is 2. The van der Waals surface area contributed by atoms with Crippen molar-refractivity contribution in [3.63, 3.8) is 0 Å². The van der Waals surface area contributed by atoms with E-state index in [1.165, 1.54) is 60.6 Å². The maximum Gasteiger partial charge on any atom is 0.185 e. The van der Waals surface area contributed by atoms with E-state index < -0.39 is 0 Å². The largest absolute Gasteiger partial charge is 0.351 e. The van der Waals surface area contributed by atoms with Gasteiger partial charge in [-0.05, 0) is 38.6 Å². The van der Waals surface area contributed by atoms with Crippen molar-refractivity contribution in [2.45, 2.75) is 64.8 Å². The molecular formula is C16H29N3S. The van der Waals surface area contributed by atoms with Crippen LogP contribution in [-0.4, -0.2) is 25.1 Å². The molecule has 1 unspecified atom stereocenters. The summed E-state index contributed by atoms with van der Waals surface area (Å²) in [5.74, 6) is 0. The van der Waals surface area contributed by atoms with Crippen LogP contribution in [-0.2, 0) is 6.42 Å². The fraction of sp³-hybridized carbons (Fsp3) is 0.812. The Kier molecular flexibility index (Phi) is 6.30. The molecule has 1 aromatic heterocycles. The molecule has 0 saturated carbocycles. The first kappa shape index (κ1) is 15.8. The minimum absolute atomic E-state index is 0.493. The normalized spacial score (nSPS) is 18.1. The zero-order chi connectivity index (χ0) is 14.4. The summed E-state index contributed by atoms with van der Waals surface area (Å²) < 4.78 is 0. The Balaban J connectivity index is 2.01. The van der Waals surface area contributed by atoms with Crippen LogP contribution in [0.5, 0.6) is 0 Å². The summed E-state index contributed by atoms with van der Waals surface area (Å²) in [6.45, 7) is 6.72.